The summed E-state index contributed by atoms with van der Waals surface area (Å²) >= 11 is 3.38. The van der Waals surface area contributed by atoms with Crippen molar-refractivity contribution in [3.05, 3.63) is 71.5 Å². The second-order valence-corrected chi connectivity index (χ2v) is 7.88. The number of nitrogens with zero attached hydrogens (tertiary/aromatic N) is 2. The lowest BCUT2D eigenvalue weighted by molar-refractivity contribution is -0.128. The van der Waals surface area contributed by atoms with Crippen LogP contribution in [0.4, 0.5) is 5.69 Å². The first-order valence-corrected chi connectivity index (χ1v) is 9.77. The van der Waals surface area contributed by atoms with Crippen molar-refractivity contribution in [1.82, 2.24) is 9.97 Å². The zero-order chi connectivity index (χ0) is 20.4. The second kappa shape index (κ2) is 7.67. The molecule has 7 heteroatoms. The van der Waals surface area contributed by atoms with Gasteiger partial charge in [-0.25, -0.2) is 4.98 Å². The number of hydrogen-bond donors (Lipinski definition) is 1. The third-order valence-electron chi connectivity index (χ3n) is 4.29. The Morgan fingerprint density at radius 2 is 1.93 bits per heavy atom. The number of anilines is 1. The number of oxazole rings is 1. The minimum absolute atomic E-state index is 0.268. The predicted octanol–water partition coefficient (Wildman–Crippen LogP) is 5.45. The van der Waals surface area contributed by atoms with Gasteiger partial charge >= 0.3 is 0 Å². The maximum atomic E-state index is 12.8. The number of halogens is 1. The Morgan fingerprint density at radius 1 is 1.14 bits per heavy atom. The summed E-state index contributed by atoms with van der Waals surface area (Å²) in [6.07, 6.45) is 3.38. The van der Waals surface area contributed by atoms with Crippen molar-refractivity contribution in [2.75, 3.05) is 5.32 Å². The molecular weight excluding hydrogens is 434 g/mol. The largest absolute Gasteiger partial charge is 0.478 e. The molecule has 29 heavy (non-hydrogen) atoms. The van der Waals surface area contributed by atoms with Crippen LogP contribution in [-0.2, 0) is 4.79 Å². The van der Waals surface area contributed by atoms with Gasteiger partial charge in [0.05, 0.1) is 5.56 Å². The minimum Gasteiger partial charge on any atom is -0.478 e. The average Bonchev–Trinajstić information content (AvgIpc) is 3.14. The van der Waals surface area contributed by atoms with Gasteiger partial charge in [-0.2, -0.15) is 0 Å². The highest BCUT2D eigenvalue weighted by Gasteiger charge is 2.30. The summed E-state index contributed by atoms with van der Waals surface area (Å²) in [5, 5.41) is 2.89. The number of hydrogen-bond acceptors (Lipinski definition) is 5. The fraction of sp³-hybridized carbons (Fsp3) is 0.136. The molecule has 0 atom stereocenters. The summed E-state index contributed by atoms with van der Waals surface area (Å²) < 4.78 is 12.6. The van der Waals surface area contributed by atoms with Crippen LogP contribution in [0.2, 0.25) is 0 Å². The molecule has 0 saturated carbocycles. The Hall–Kier alpha value is -3.19. The SMILES string of the molecule is CC(C)(Oc1ccc(Br)cc1)C(=O)Nc1ccc2oc(-c3cccnc3)nc2c1. The number of rotatable bonds is 5. The molecule has 4 aromatic rings. The fourth-order valence-corrected chi connectivity index (χ4v) is 3.01. The monoisotopic (exact) mass is 451 g/mol. The number of benzene rings is 2. The number of pyridine rings is 1. The molecule has 2 aromatic heterocycles. The van der Waals surface area contributed by atoms with Crippen molar-refractivity contribution in [2.45, 2.75) is 19.4 Å². The van der Waals surface area contributed by atoms with Crippen molar-refractivity contribution in [2.24, 2.45) is 0 Å². The van der Waals surface area contributed by atoms with E-state index < -0.39 is 5.60 Å². The van der Waals surface area contributed by atoms with Crippen LogP contribution in [0.25, 0.3) is 22.6 Å². The maximum absolute atomic E-state index is 12.8. The molecule has 0 aliphatic heterocycles. The van der Waals surface area contributed by atoms with Crippen LogP contribution in [0.1, 0.15) is 13.8 Å². The van der Waals surface area contributed by atoms with Gasteiger partial charge in [0.1, 0.15) is 11.3 Å². The van der Waals surface area contributed by atoms with Gasteiger partial charge in [0.25, 0.3) is 5.91 Å². The number of carbonyl (C=O) groups is 1. The molecule has 0 saturated heterocycles. The van der Waals surface area contributed by atoms with E-state index in [1.807, 2.05) is 24.3 Å². The van der Waals surface area contributed by atoms with Gasteiger partial charge in [0, 0.05) is 22.6 Å². The first kappa shape index (κ1) is 19.1. The quantitative estimate of drug-likeness (QED) is 0.436. The Kier molecular flexibility index (Phi) is 5.07. The molecule has 0 aliphatic carbocycles. The van der Waals surface area contributed by atoms with Crippen LogP contribution >= 0.6 is 15.9 Å². The van der Waals surface area contributed by atoms with Crippen molar-refractivity contribution in [3.8, 4) is 17.2 Å². The first-order chi connectivity index (χ1) is 13.9. The van der Waals surface area contributed by atoms with Crippen LogP contribution in [0.5, 0.6) is 5.75 Å². The molecular formula is C22H18BrN3O3. The Bertz CT molecular complexity index is 1160. The van der Waals surface area contributed by atoms with Gasteiger partial charge in [-0.15, -0.1) is 0 Å². The number of fused-ring (bicyclic) bond motifs is 1. The topological polar surface area (TPSA) is 77.2 Å². The highest BCUT2D eigenvalue weighted by Crippen LogP contribution is 2.27. The Labute approximate surface area is 176 Å². The number of carbonyl (C=O) groups excluding carboxylic acids is 1. The van der Waals surface area contributed by atoms with Crippen molar-refractivity contribution in [1.29, 1.82) is 0 Å². The Morgan fingerprint density at radius 3 is 2.66 bits per heavy atom. The second-order valence-electron chi connectivity index (χ2n) is 6.96. The van der Waals surface area contributed by atoms with Crippen LogP contribution in [0, 0.1) is 0 Å². The molecule has 2 aromatic carbocycles. The molecule has 0 radical (unpaired) electrons. The van der Waals surface area contributed by atoms with Gasteiger partial charge in [-0.1, -0.05) is 15.9 Å². The normalized spacial score (nSPS) is 11.4. The zero-order valence-corrected chi connectivity index (χ0v) is 17.4. The van der Waals surface area contributed by atoms with E-state index in [2.05, 4.69) is 31.2 Å². The number of aromatic nitrogens is 2. The lowest BCUT2D eigenvalue weighted by Crippen LogP contribution is -2.42. The molecule has 1 amide bonds. The number of nitrogens with one attached hydrogen (secondary N) is 1. The fourth-order valence-electron chi connectivity index (χ4n) is 2.74. The highest BCUT2D eigenvalue weighted by molar-refractivity contribution is 9.10. The molecule has 2 heterocycles. The van der Waals surface area contributed by atoms with Crippen molar-refractivity contribution in [3.63, 3.8) is 0 Å². The summed E-state index contributed by atoms with van der Waals surface area (Å²) in [6, 6.07) is 16.4. The molecule has 0 fully saturated rings. The minimum atomic E-state index is -1.06. The molecule has 146 valence electrons. The lowest BCUT2D eigenvalue weighted by Gasteiger charge is -2.25. The molecule has 4 rings (SSSR count). The van der Waals surface area contributed by atoms with E-state index in [-0.39, 0.29) is 5.91 Å². The summed E-state index contributed by atoms with van der Waals surface area (Å²) in [5.74, 6) is 0.827. The van der Waals surface area contributed by atoms with Crippen molar-refractivity contribution < 1.29 is 13.9 Å². The van der Waals surface area contributed by atoms with Gasteiger partial charge < -0.3 is 14.5 Å². The molecule has 0 aliphatic rings. The standard InChI is InChI=1S/C22H18BrN3O3/c1-22(2,29-17-8-5-15(23)6-9-17)21(27)25-16-7-10-19-18(12-16)26-20(28-19)14-4-3-11-24-13-14/h3-13H,1-2H3,(H,25,27). The molecule has 0 unspecified atom stereocenters. The van der Waals surface area contributed by atoms with E-state index in [4.69, 9.17) is 9.15 Å². The van der Waals surface area contributed by atoms with Crippen LogP contribution in [0.15, 0.2) is 75.9 Å². The first-order valence-electron chi connectivity index (χ1n) is 8.98. The third-order valence-corrected chi connectivity index (χ3v) is 4.82. The summed E-state index contributed by atoms with van der Waals surface area (Å²) in [5.41, 5.74) is 1.62. The van der Waals surface area contributed by atoms with Crippen LogP contribution < -0.4 is 10.1 Å². The van der Waals surface area contributed by atoms with E-state index in [1.54, 1.807) is 56.6 Å². The van der Waals surface area contributed by atoms with Gasteiger partial charge in [0.2, 0.25) is 5.89 Å². The molecule has 0 bridgehead atoms. The highest BCUT2D eigenvalue weighted by atomic mass is 79.9. The maximum Gasteiger partial charge on any atom is 0.267 e. The molecule has 0 spiro atoms. The van der Waals surface area contributed by atoms with Gasteiger partial charge in [-0.05, 0) is 68.4 Å². The van der Waals surface area contributed by atoms with E-state index >= 15 is 0 Å². The van der Waals surface area contributed by atoms with Gasteiger partial charge in [-0.3, -0.25) is 9.78 Å². The average molecular weight is 452 g/mol. The Balaban J connectivity index is 1.52. The smallest absolute Gasteiger partial charge is 0.267 e. The van der Waals surface area contributed by atoms with Crippen LogP contribution in [-0.4, -0.2) is 21.5 Å². The third kappa shape index (κ3) is 4.30. The lowest BCUT2D eigenvalue weighted by atomic mass is 10.1. The summed E-state index contributed by atoms with van der Waals surface area (Å²) in [6.45, 7) is 3.44. The predicted molar refractivity (Wildman–Crippen MR) is 115 cm³/mol. The van der Waals surface area contributed by atoms with E-state index in [0.29, 0.717) is 28.4 Å². The number of amides is 1. The van der Waals surface area contributed by atoms with Crippen LogP contribution in [0.3, 0.4) is 0 Å². The molecule has 1 N–H and O–H groups in total. The summed E-state index contributed by atoms with van der Waals surface area (Å²) in [7, 11) is 0. The zero-order valence-electron chi connectivity index (χ0n) is 15.8. The summed E-state index contributed by atoms with van der Waals surface area (Å²) in [4.78, 5) is 21.3. The van der Waals surface area contributed by atoms with Crippen molar-refractivity contribution >= 4 is 38.6 Å². The van der Waals surface area contributed by atoms with Gasteiger partial charge in [0.15, 0.2) is 11.2 Å². The van der Waals surface area contributed by atoms with E-state index in [0.717, 1.165) is 10.0 Å². The van der Waals surface area contributed by atoms with E-state index in [1.165, 1.54) is 0 Å². The number of ether oxygens (including phenoxy) is 1. The molecule has 6 nitrogen and oxygen atoms in total. The van der Waals surface area contributed by atoms with E-state index in [9.17, 15) is 4.79 Å².